The van der Waals surface area contributed by atoms with Gasteiger partial charge in [-0.1, -0.05) is 289 Å². The molecule has 3 unspecified atom stereocenters. The average molecular weight is 1080 g/mol. The molecule has 10 heteroatoms. The fourth-order valence-electron chi connectivity index (χ4n) is 9.81. The second-order valence-electron chi connectivity index (χ2n) is 23.6. The summed E-state index contributed by atoms with van der Waals surface area (Å²) in [5.74, 6) is -0.502. The van der Waals surface area contributed by atoms with E-state index in [1.54, 1.807) is 0 Å². The molecular formula is C65H128N2O7P+. The first-order valence-corrected chi connectivity index (χ1v) is 34.2. The van der Waals surface area contributed by atoms with Crippen LogP contribution >= 0.6 is 7.82 Å². The minimum atomic E-state index is -4.44. The van der Waals surface area contributed by atoms with E-state index >= 15 is 0 Å². The maximum atomic E-state index is 13.5. The third-order valence-electron chi connectivity index (χ3n) is 14.9. The Morgan fingerprint density at radius 3 is 1.17 bits per heavy atom. The molecule has 3 atom stereocenters. The summed E-state index contributed by atoms with van der Waals surface area (Å²) < 4.78 is 30.6. The first kappa shape index (κ1) is 73.5. The number of phosphoric ester groups is 1. The molecule has 1 amide bonds. The van der Waals surface area contributed by atoms with Crippen LogP contribution in [-0.2, 0) is 27.9 Å². The van der Waals surface area contributed by atoms with Crippen molar-refractivity contribution in [3.05, 3.63) is 24.3 Å². The molecule has 0 aromatic heterocycles. The summed E-state index contributed by atoms with van der Waals surface area (Å²) in [5, 5.41) is 3.05. The van der Waals surface area contributed by atoms with Crippen molar-refractivity contribution in [1.82, 2.24) is 5.32 Å². The number of nitrogens with one attached hydrogen (secondary N) is 1. The van der Waals surface area contributed by atoms with Crippen molar-refractivity contribution >= 4 is 19.7 Å². The highest BCUT2D eigenvalue weighted by Crippen LogP contribution is 2.43. The average Bonchev–Trinajstić information content (AvgIpc) is 3.37. The number of allylic oxidation sites excluding steroid dienone is 3. The predicted molar refractivity (Wildman–Crippen MR) is 323 cm³/mol. The lowest BCUT2D eigenvalue weighted by Crippen LogP contribution is -2.47. The van der Waals surface area contributed by atoms with Crippen LogP contribution in [0.25, 0.3) is 0 Å². The van der Waals surface area contributed by atoms with Gasteiger partial charge in [-0.2, -0.15) is 0 Å². The van der Waals surface area contributed by atoms with E-state index in [4.69, 9.17) is 13.8 Å². The third kappa shape index (κ3) is 57.0. The number of carbonyl (C=O) groups excluding carboxylic acids is 2. The number of likely N-dealkylation sites (N-methyl/N-ethyl adjacent to an activating group) is 1. The van der Waals surface area contributed by atoms with Crippen LogP contribution < -0.4 is 5.32 Å². The maximum absolute atomic E-state index is 13.5. The van der Waals surface area contributed by atoms with Gasteiger partial charge < -0.3 is 19.4 Å². The molecule has 75 heavy (non-hydrogen) atoms. The lowest BCUT2D eigenvalue weighted by Gasteiger charge is -2.27. The Morgan fingerprint density at radius 1 is 0.453 bits per heavy atom. The maximum Gasteiger partial charge on any atom is 0.472 e. The van der Waals surface area contributed by atoms with Crippen LogP contribution in [0, 0.1) is 0 Å². The molecular weight excluding hydrogens is 952 g/mol. The van der Waals surface area contributed by atoms with Crippen molar-refractivity contribution < 1.29 is 37.3 Å². The van der Waals surface area contributed by atoms with E-state index in [2.05, 4.69) is 38.2 Å². The van der Waals surface area contributed by atoms with Gasteiger partial charge in [-0.3, -0.25) is 18.6 Å². The van der Waals surface area contributed by atoms with Gasteiger partial charge in [0, 0.05) is 12.8 Å². The van der Waals surface area contributed by atoms with Crippen molar-refractivity contribution in [3.63, 3.8) is 0 Å². The van der Waals surface area contributed by atoms with Gasteiger partial charge in [0.25, 0.3) is 0 Å². The number of quaternary nitrogens is 1. The normalized spacial score (nSPS) is 13.7. The largest absolute Gasteiger partial charge is 0.472 e. The molecule has 0 aliphatic carbocycles. The molecule has 9 nitrogen and oxygen atoms in total. The summed E-state index contributed by atoms with van der Waals surface area (Å²) in [6.07, 6.45) is 66.4. The van der Waals surface area contributed by atoms with Crippen molar-refractivity contribution in [1.29, 1.82) is 0 Å². The molecule has 0 aliphatic heterocycles. The van der Waals surface area contributed by atoms with Crippen LogP contribution in [-0.4, -0.2) is 74.3 Å². The summed E-state index contributed by atoms with van der Waals surface area (Å²) >= 11 is 0. The molecule has 0 rings (SSSR count). The number of ether oxygens (including phenoxy) is 1. The molecule has 0 fully saturated rings. The zero-order valence-electron chi connectivity index (χ0n) is 50.8. The first-order chi connectivity index (χ1) is 36.4. The Bertz CT molecular complexity index is 1340. The Kier molecular flexibility index (Phi) is 54.7. The molecule has 0 saturated carbocycles. The van der Waals surface area contributed by atoms with E-state index in [1.165, 1.54) is 212 Å². The number of hydrogen-bond acceptors (Lipinski definition) is 6. The highest BCUT2D eigenvalue weighted by atomic mass is 31.2. The summed E-state index contributed by atoms with van der Waals surface area (Å²) in [6, 6.07) is -0.846. The zero-order valence-corrected chi connectivity index (χ0v) is 51.7. The van der Waals surface area contributed by atoms with Crippen LogP contribution in [0.15, 0.2) is 24.3 Å². The molecule has 0 radical (unpaired) electrons. The van der Waals surface area contributed by atoms with Gasteiger partial charge in [0.2, 0.25) is 5.91 Å². The zero-order chi connectivity index (χ0) is 55.0. The van der Waals surface area contributed by atoms with Gasteiger partial charge in [0.15, 0.2) is 0 Å². The number of nitrogens with zero attached hydrogens (tertiary/aromatic N) is 1. The van der Waals surface area contributed by atoms with Crippen LogP contribution in [0.2, 0.25) is 0 Å². The molecule has 0 aromatic carbocycles. The van der Waals surface area contributed by atoms with Gasteiger partial charge in [-0.05, 0) is 51.0 Å². The Morgan fingerprint density at radius 2 is 0.787 bits per heavy atom. The Labute approximate surface area is 466 Å². The molecule has 2 N–H and O–H groups in total. The lowest BCUT2D eigenvalue weighted by atomic mass is 10.0. The van der Waals surface area contributed by atoms with Gasteiger partial charge in [0.1, 0.15) is 19.3 Å². The lowest BCUT2D eigenvalue weighted by molar-refractivity contribution is -0.870. The predicted octanol–water partition coefficient (Wildman–Crippen LogP) is 20.1. The number of carbonyl (C=O) groups is 2. The van der Waals surface area contributed by atoms with Crippen LogP contribution in [0.5, 0.6) is 0 Å². The molecule has 0 heterocycles. The number of amides is 1. The van der Waals surface area contributed by atoms with Gasteiger partial charge >= 0.3 is 13.8 Å². The number of phosphoric acid groups is 1. The second-order valence-corrected chi connectivity index (χ2v) is 25.1. The Balaban J connectivity index is 4.89. The number of rotatable bonds is 60. The Hall–Kier alpha value is -1.51. The quantitative estimate of drug-likeness (QED) is 0.0205. The smallest absolute Gasteiger partial charge is 0.456 e. The minimum absolute atomic E-state index is 0.0418. The van der Waals surface area contributed by atoms with Gasteiger partial charge in [-0.15, -0.1) is 0 Å². The minimum Gasteiger partial charge on any atom is -0.456 e. The molecule has 444 valence electrons. The first-order valence-electron chi connectivity index (χ1n) is 32.7. The van der Waals surface area contributed by atoms with Crippen molar-refractivity contribution in [2.45, 2.75) is 341 Å². The van der Waals surface area contributed by atoms with E-state index in [1.807, 2.05) is 33.3 Å². The topological polar surface area (TPSA) is 111 Å². The van der Waals surface area contributed by atoms with E-state index in [9.17, 15) is 19.0 Å². The van der Waals surface area contributed by atoms with Crippen LogP contribution in [0.4, 0.5) is 0 Å². The van der Waals surface area contributed by atoms with Crippen LogP contribution in [0.3, 0.4) is 0 Å². The van der Waals surface area contributed by atoms with Crippen LogP contribution in [0.1, 0.15) is 329 Å². The fourth-order valence-corrected chi connectivity index (χ4v) is 10.5. The summed E-state index contributed by atoms with van der Waals surface area (Å²) in [5.41, 5.74) is 0. The third-order valence-corrected chi connectivity index (χ3v) is 15.9. The molecule has 0 bridgehead atoms. The van der Waals surface area contributed by atoms with E-state index < -0.39 is 20.0 Å². The van der Waals surface area contributed by atoms with E-state index in [0.29, 0.717) is 23.9 Å². The highest BCUT2D eigenvalue weighted by Gasteiger charge is 2.30. The standard InChI is InChI=1S/C65H127N2O7P/c1-7-10-13-16-19-22-25-26-27-28-29-30-31-32-33-34-35-36-37-38-39-40-43-46-49-52-55-58-65(69)74-63(56-53-50-47-44-41-23-20-17-14-11-8-2)62(61-73-75(70,71)72-60-59-67(4,5)6)66-64(68)57-54-51-48-45-42-24-21-18-15-12-9-3/h18,21,53,56,62-63H,7-17,19-20,22-52,54-55,57-61H2,1-6H3,(H-,66,68,70,71)/p+1/b21-18-,56-53-. The SMILES string of the molecule is CCCC/C=C\CCCCCCCC(=O)NC(COP(=O)(O)OCC[N+](C)(C)C)C(/C=C\CCCCCCCCCCC)OC(=O)CCCCCCCCCCCCCCCCCCCCCCCCCCCCC. The number of unbranched alkanes of at least 4 members (excludes halogenated alkanes) is 42. The molecule has 0 spiro atoms. The summed E-state index contributed by atoms with van der Waals surface area (Å²) in [4.78, 5) is 37.6. The number of hydrogen-bond donors (Lipinski definition) is 2. The van der Waals surface area contributed by atoms with Gasteiger partial charge in [-0.25, -0.2) is 4.57 Å². The second kappa shape index (κ2) is 55.8. The fraction of sp³-hybridized carbons (Fsp3) is 0.908. The monoisotopic (exact) mass is 1080 g/mol. The van der Waals surface area contributed by atoms with Crippen molar-refractivity contribution in [3.8, 4) is 0 Å². The molecule has 0 aliphatic rings. The van der Waals surface area contributed by atoms with E-state index in [0.717, 1.165) is 83.5 Å². The summed E-state index contributed by atoms with van der Waals surface area (Å²) in [6.45, 7) is 7.00. The highest BCUT2D eigenvalue weighted by molar-refractivity contribution is 7.47. The van der Waals surface area contributed by atoms with Crippen molar-refractivity contribution in [2.75, 3.05) is 40.9 Å². The van der Waals surface area contributed by atoms with E-state index in [-0.39, 0.29) is 25.1 Å². The number of esters is 1. The molecule has 0 aromatic rings. The summed E-state index contributed by atoms with van der Waals surface area (Å²) in [7, 11) is 1.50. The van der Waals surface area contributed by atoms with Crippen molar-refractivity contribution in [2.24, 2.45) is 0 Å². The molecule has 0 saturated heterocycles. The van der Waals surface area contributed by atoms with Gasteiger partial charge in [0.05, 0.1) is 33.8 Å².